The van der Waals surface area contributed by atoms with Crippen LogP contribution in [0, 0.1) is 17.3 Å². The van der Waals surface area contributed by atoms with Crippen LogP contribution in [0.5, 0.6) is 0 Å². The van der Waals surface area contributed by atoms with Gasteiger partial charge < -0.3 is 4.74 Å². The Morgan fingerprint density at radius 2 is 2.06 bits per heavy atom. The molecule has 0 aromatic rings. The van der Waals surface area contributed by atoms with Crippen molar-refractivity contribution in [2.75, 3.05) is 0 Å². The first kappa shape index (κ1) is 12.6. The number of hydrogen-bond donors (Lipinski definition) is 0. The zero-order chi connectivity index (χ0) is 12.5. The molecule has 2 rings (SSSR count). The highest BCUT2D eigenvalue weighted by atomic mass is 16.6. The molecule has 2 aliphatic rings. The van der Waals surface area contributed by atoms with Gasteiger partial charge in [0, 0.05) is 0 Å². The van der Waals surface area contributed by atoms with Crippen LogP contribution in [0.1, 0.15) is 58.8 Å². The maximum Gasteiger partial charge on any atom is 0.320 e. The van der Waals surface area contributed by atoms with Crippen molar-refractivity contribution in [3.8, 4) is 0 Å². The molecule has 1 saturated carbocycles. The van der Waals surface area contributed by atoms with Crippen molar-refractivity contribution >= 4 is 11.9 Å². The summed E-state index contributed by atoms with van der Waals surface area (Å²) < 4.78 is 4.91. The van der Waals surface area contributed by atoms with Gasteiger partial charge in [0.15, 0.2) is 0 Å². The summed E-state index contributed by atoms with van der Waals surface area (Å²) in [6.45, 7) is 4.32. The molecule has 0 aromatic heterocycles. The first-order chi connectivity index (χ1) is 8.10. The Morgan fingerprint density at radius 3 is 2.76 bits per heavy atom. The van der Waals surface area contributed by atoms with Crippen LogP contribution in [-0.2, 0) is 14.3 Å². The van der Waals surface area contributed by atoms with Crippen LogP contribution < -0.4 is 0 Å². The number of rotatable bonds is 4. The van der Waals surface area contributed by atoms with Gasteiger partial charge in [0.05, 0.1) is 11.3 Å². The fourth-order valence-corrected chi connectivity index (χ4v) is 3.50. The molecule has 96 valence electrons. The van der Waals surface area contributed by atoms with E-state index >= 15 is 0 Å². The zero-order valence-corrected chi connectivity index (χ0v) is 10.8. The number of carbonyl (C=O) groups is 2. The van der Waals surface area contributed by atoms with Crippen LogP contribution in [-0.4, -0.2) is 11.9 Å². The summed E-state index contributed by atoms with van der Waals surface area (Å²) in [6.07, 6.45) is 6.85. The molecule has 0 amide bonds. The summed E-state index contributed by atoms with van der Waals surface area (Å²) in [5.74, 6) is -0.122. The number of ether oxygens (including phenoxy) is 1. The molecule has 1 heterocycles. The molecule has 1 aliphatic heterocycles. The Labute approximate surface area is 103 Å². The van der Waals surface area contributed by atoms with Gasteiger partial charge in [0.1, 0.15) is 0 Å². The molecular weight excluding hydrogens is 216 g/mol. The minimum atomic E-state index is -0.468. The predicted octanol–water partition coefficient (Wildman–Crippen LogP) is 3.07. The molecular formula is C14H22O3. The second-order valence-electron chi connectivity index (χ2n) is 5.76. The van der Waals surface area contributed by atoms with E-state index in [4.69, 9.17) is 4.74 Å². The van der Waals surface area contributed by atoms with Crippen LogP contribution in [0.3, 0.4) is 0 Å². The fourth-order valence-electron chi connectivity index (χ4n) is 3.50. The number of hydrogen-bond acceptors (Lipinski definition) is 3. The van der Waals surface area contributed by atoms with E-state index in [1.54, 1.807) is 0 Å². The van der Waals surface area contributed by atoms with Crippen molar-refractivity contribution in [2.45, 2.75) is 58.8 Å². The summed E-state index contributed by atoms with van der Waals surface area (Å²) >= 11 is 0. The van der Waals surface area contributed by atoms with Gasteiger partial charge in [-0.25, -0.2) is 0 Å². The van der Waals surface area contributed by atoms with Gasteiger partial charge in [-0.3, -0.25) is 9.59 Å². The topological polar surface area (TPSA) is 43.4 Å². The zero-order valence-electron chi connectivity index (χ0n) is 10.8. The van der Waals surface area contributed by atoms with Crippen molar-refractivity contribution in [3.63, 3.8) is 0 Å². The van der Waals surface area contributed by atoms with Gasteiger partial charge in [-0.05, 0) is 31.6 Å². The van der Waals surface area contributed by atoms with E-state index in [1.807, 2.05) is 0 Å². The lowest BCUT2D eigenvalue weighted by atomic mass is 9.62. The summed E-state index contributed by atoms with van der Waals surface area (Å²) in [6, 6.07) is 0. The molecule has 0 radical (unpaired) electrons. The van der Waals surface area contributed by atoms with Crippen molar-refractivity contribution in [2.24, 2.45) is 17.3 Å². The maximum atomic E-state index is 12.0. The molecule has 2 fully saturated rings. The third-order valence-corrected chi connectivity index (χ3v) is 4.44. The average Bonchev–Trinajstić information content (AvgIpc) is 2.51. The first-order valence-electron chi connectivity index (χ1n) is 6.86. The van der Waals surface area contributed by atoms with Gasteiger partial charge >= 0.3 is 11.9 Å². The molecule has 1 aliphatic carbocycles. The number of carbonyl (C=O) groups excluding carboxylic acids is 2. The largest absolute Gasteiger partial charge is 0.392 e. The molecule has 0 spiro atoms. The smallest absolute Gasteiger partial charge is 0.320 e. The Bertz CT molecular complexity index is 323. The average molecular weight is 238 g/mol. The lowest BCUT2D eigenvalue weighted by Gasteiger charge is -2.37. The Kier molecular flexibility index (Phi) is 3.55. The molecule has 3 atom stereocenters. The van der Waals surface area contributed by atoms with Crippen LogP contribution in [0.15, 0.2) is 0 Å². The number of cyclic esters (lactones) is 2. The van der Waals surface area contributed by atoms with Crippen LogP contribution in [0.2, 0.25) is 0 Å². The second-order valence-corrected chi connectivity index (χ2v) is 5.76. The third kappa shape index (κ3) is 2.12. The number of fused-ring (bicyclic) bond motifs is 1. The normalized spacial score (nSPS) is 36.8. The molecule has 3 nitrogen and oxygen atoms in total. The predicted molar refractivity (Wildman–Crippen MR) is 64.2 cm³/mol. The van der Waals surface area contributed by atoms with Crippen LogP contribution >= 0.6 is 0 Å². The molecule has 3 unspecified atom stereocenters. The lowest BCUT2D eigenvalue weighted by molar-refractivity contribution is -0.155. The summed E-state index contributed by atoms with van der Waals surface area (Å²) in [4.78, 5) is 23.8. The highest BCUT2D eigenvalue weighted by molar-refractivity contribution is 5.99. The molecule has 1 saturated heterocycles. The molecule has 0 aromatic carbocycles. The van der Waals surface area contributed by atoms with E-state index in [1.165, 1.54) is 0 Å². The standard InChI is InChI=1S/C14H22O3/c1-3-4-5-8-14-9-10(2)6-7-11(14)12(15)17-13(14)16/h10-11H,3-9H2,1-2H3. The molecule has 3 heteroatoms. The SMILES string of the molecule is CCCCCC12CC(C)CCC1C(=O)OC2=O. The van der Waals surface area contributed by atoms with E-state index in [-0.39, 0.29) is 17.9 Å². The van der Waals surface area contributed by atoms with E-state index < -0.39 is 5.41 Å². The van der Waals surface area contributed by atoms with Crippen LogP contribution in [0.4, 0.5) is 0 Å². The van der Waals surface area contributed by atoms with Gasteiger partial charge in [-0.15, -0.1) is 0 Å². The van der Waals surface area contributed by atoms with Gasteiger partial charge in [0.2, 0.25) is 0 Å². The van der Waals surface area contributed by atoms with Crippen molar-refractivity contribution < 1.29 is 14.3 Å². The van der Waals surface area contributed by atoms with Crippen molar-refractivity contribution in [3.05, 3.63) is 0 Å². The monoisotopic (exact) mass is 238 g/mol. The minimum Gasteiger partial charge on any atom is -0.392 e. The third-order valence-electron chi connectivity index (χ3n) is 4.44. The van der Waals surface area contributed by atoms with E-state index in [2.05, 4.69) is 13.8 Å². The van der Waals surface area contributed by atoms with E-state index in [9.17, 15) is 9.59 Å². The Balaban J connectivity index is 2.16. The lowest BCUT2D eigenvalue weighted by Crippen LogP contribution is -2.39. The maximum absolute atomic E-state index is 12.0. The van der Waals surface area contributed by atoms with E-state index in [0.29, 0.717) is 5.92 Å². The molecule has 0 bridgehead atoms. The molecule has 0 N–H and O–H groups in total. The van der Waals surface area contributed by atoms with E-state index in [0.717, 1.165) is 44.9 Å². The summed E-state index contributed by atoms with van der Waals surface area (Å²) in [5, 5.41) is 0. The Morgan fingerprint density at radius 1 is 1.29 bits per heavy atom. The number of unbranched alkanes of at least 4 members (excludes halogenated alkanes) is 2. The van der Waals surface area contributed by atoms with Gasteiger partial charge in [-0.2, -0.15) is 0 Å². The van der Waals surface area contributed by atoms with Gasteiger partial charge in [-0.1, -0.05) is 33.1 Å². The quantitative estimate of drug-likeness (QED) is 0.429. The molecule has 17 heavy (non-hydrogen) atoms. The summed E-state index contributed by atoms with van der Waals surface area (Å²) in [7, 11) is 0. The summed E-state index contributed by atoms with van der Waals surface area (Å²) in [5.41, 5.74) is -0.468. The first-order valence-corrected chi connectivity index (χ1v) is 6.86. The number of esters is 2. The van der Waals surface area contributed by atoms with Gasteiger partial charge in [0.25, 0.3) is 0 Å². The second kappa shape index (κ2) is 4.79. The van der Waals surface area contributed by atoms with Crippen molar-refractivity contribution in [1.29, 1.82) is 0 Å². The minimum absolute atomic E-state index is 0.150. The highest BCUT2D eigenvalue weighted by Crippen LogP contribution is 2.52. The Hall–Kier alpha value is -0.860. The fraction of sp³-hybridized carbons (Fsp3) is 0.857. The van der Waals surface area contributed by atoms with Crippen molar-refractivity contribution in [1.82, 2.24) is 0 Å². The van der Waals surface area contributed by atoms with Crippen LogP contribution in [0.25, 0.3) is 0 Å². The highest BCUT2D eigenvalue weighted by Gasteiger charge is 2.58.